The lowest BCUT2D eigenvalue weighted by Crippen LogP contribution is -2.37. The van der Waals surface area contributed by atoms with Crippen molar-refractivity contribution in [2.45, 2.75) is 52.1 Å². The Balaban J connectivity index is 2.01. The van der Waals surface area contributed by atoms with Crippen molar-refractivity contribution in [3.8, 4) is 0 Å². The van der Waals surface area contributed by atoms with Crippen LogP contribution >= 0.6 is 0 Å². The summed E-state index contributed by atoms with van der Waals surface area (Å²) in [4.78, 5) is 18.2. The largest absolute Gasteiger partial charge is 0.481 e. The highest BCUT2D eigenvalue weighted by Gasteiger charge is 2.23. The van der Waals surface area contributed by atoms with Crippen molar-refractivity contribution in [3.05, 3.63) is 35.3 Å². The van der Waals surface area contributed by atoms with Crippen LogP contribution in [0.3, 0.4) is 0 Å². The molecule has 0 aliphatic carbocycles. The molecule has 118 valence electrons. The number of imidazole rings is 1. The first kappa shape index (κ1) is 15.0. The van der Waals surface area contributed by atoms with Gasteiger partial charge in [-0.3, -0.25) is 9.69 Å². The Morgan fingerprint density at radius 1 is 1.45 bits per heavy atom. The van der Waals surface area contributed by atoms with Gasteiger partial charge in [0, 0.05) is 18.8 Å². The maximum absolute atomic E-state index is 11.2. The Morgan fingerprint density at radius 3 is 3.00 bits per heavy atom. The monoisotopic (exact) mass is 301 g/mol. The predicted octanol–water partition coefficient (Wildman–Crippen LogP) is 2.64. The van der Waals surface area contributed by atoms with Crippen LogP contribution < -0.4 is 0 Å². The number of aliphatic carboxylic acids is 1. The molecule has 1 aliphatic rings. The zero-order valence-corrected chi connectivity index (χ0v) is 13.2. The lowest BCUT2D eigenvalue weighted by atomic mass is 10.0. The third kappa shape index (κ3) is 2.86. The van der Waals surface area contributed by atoms with E-state index in [4.69, 9.17) is 0 Å². The summed E-state index contributed by atoms with van der Waals surface area (Å²) in [5.41, 5.74) is 3.67. The van der Waals surface area contributed by atoms with Crippen LogP contribution in [0.1, 0.15) is 43.1 Å². The van der Waals surface area contributed by atoms with E-state index in [1.165, 1.54) is 19.3 Å². The number of pyridine rings is 1. The average Bonchev–Trinajstić information content (AvgIpc) is 2.80. The summed E-state index contributed by atoms with van der Waals surface area (Å²) in [5.74, 6) is -0.825. The molecule has 5 nitrogen and oxygen atoms in total. The summed E-state index contributed by atoms with van der Waals surface area (Å²) < 4.78 is 2.06. The van der Waals surface area contributed by atoms with E-state index in [2.05, 4.69) is 21.2 Å². The molecule has 0 saturated carbocycles. The van der Waals surface area contributed by atoms with Crippen molar-refractivity contribution >= 4 is 11.6 Å². The summed E-state index contributed by atoms with van der Waals surface area (Å²) in [6.07, 6.45) is 5.69. The fourth-order valence-corrected chi connectivity index (χ4v) is 3.34. The van der Waals surface area contributed by atoms with Gasteiger partial charge >= 0.3 is 5.97 Å². The van der Waals surface area contributed by atoms with E-state index in [0.29, 0.717) is 11.7 Å². The van der Waals surface area contributed by atoms with E-state index < -0.39 is 5.97 Å². The maximum Gasteiger partial charge on any atom is 0.309 e. The molecule has 1 unspecified atom stereocenters. The molecular weight excluding hydrogens is 278 g/mol. The van der Waals surface area contributed by atoms with E-state index in [9.17, 15) is 9.90 Å². The van der Waals surface area contributed by atoms with Crippen molar-refractivity contribution in [2.24, 2.45) is 0 Å². The number of rotatable bonds is 4. The molecule has 1 saturated heterocycles. The second kappa shape index (κ2) is 6.08. The van der Waals surface area contributed by atoms with Crippen LogP contribution in [0.2, 0.25) is 0 Å². The predicted molar refractivity (Wildman–Crippen MR) is 85.0 cm³/mol. The number of carboxylic acids is 1. The quantitative estimate of drug-likeness (QED) is 0.943. The highest BCUT2D eigenvalue weighted by molar-refractivity contribution is 5.70. The first-order valence-electron chi connectivity index (χ1n) is 7.97. The summed E-state index contributed by atoms with van der Waals surface area (Å²) in [6.45, 7) is 6.12. The van der Waals surface area contributed by atoms with Gasteiger partial charge in [0.15, 0.2) is 0 Å². The lowest BCUT2D eigenvalue weighted by molar-refractivity contribution is -0.136. The molecule has 0 amide bonds. The molecule has 1 atom stereocenters. The molecule has 0 spiro atoms. The van der Waals surface area contributed by atoms with Gasteiger partial charge in [0.2, 0.25) is 0 Å². The van der Waals surface area contributed by atoms with Crippen molar-refractivity contribution in [1.82, 2.24) is 14.3 Å². The Bertz CT molecular complexity index is 693. The number of hydrogen-bond donors (Lipinski definition) is 1. The second-order valence-electron chi connectivity index (χ2n) is 6.28. The van der Waals surface area contributed by atoms with Crippen LogP contribution in [0.4, 0.5) is 0 Å². The molecular formula is C17H23N3O2. The molecule has 0 radical (unpaired) electrons. The van der Waals surface area contributed by atoms with Crippen LogP contribution in [0.25, 0.3) is 5.65 Å². The number of hydrogen-bond acceptors (Lipinski definition) is 3. The van der Waals surface area contributed by atoms with Crippen LogP contribution in [-0.4, -0.2) is 37.9 Å². The second-order valence-corrected chi connectivity index (χ2v) is 6.28. The Kier molecular flexibility index (Phi) is 4.16. The number of fused-ring (bicyclic) bond motifs is 1. The molecule has 3 rings (SSSR count). The van der Waals surface area contributed by atoms with Gasteiger partial charge in [-0.25, -0.2) is 4.98 Å². The molecule has 0 aromatic carbocycles. The van der Waals surface area contributed by atoms with Gasteiger partial charge in [-0.15, -0.1) is 0 Å². The van der Waals surface area contributed by atoms with Crippen molar-refractivity contribution < 1.29 is 9.90 Å². The third-order valence-electron chi connectivity index (χ3n) is 4.64. The zero-order chi connectivity index (χ0) is 15.7. The fraction of sp³-hybridized carbons (Fsp3) is 0.529. The third-order valence-corrected chi connectivity index (χ3v) is 4.64. The topological polar surface area (TPSA) is 57.8 Å². The number of aryl methyl sites for hydroxylation is 1. The van der Waals surface area contributed by atoms with Gasteiger partial charge in [-0.2, -0.15) is 0 Å². The van der Waals surface area contributed by atoms with Crippen LogP contribution in [0, 0.1) is 6.92 Å². The molecule has 5 heteroatoms. The molecule has 0 bridgehead atoms. The van der Waals surface area contributed by atoms with E-state index >= 15 is 0 Å². The maximum atomic E-state index is 11.2. The van der Waals surface area contributed by atoms with Gasteiger partial charge < -0.3 is 9.51 Å². The first-order valence-corrected chi connectivity index (χ1v) is 7.97. The lowest BCUT2D eigenvalue weighted by Gasteiger charge is -2.33. The number of carboxylic acid groups (broad SMARTS) is 1. The van der Waals surface area contributed by atoms with Gasteiger partial charge in [0.25, 0.3) is 0 Å². The fourth-order valence-electron chi connectivity index (χ4n) is 3.34. The molecule has 3 heterocycles. The Labute approximate surface area is 130 Å². The Hall–Kier alpha value is -1.88. The van der Waals surface area contributed by atoms with Gasteiger partial charge in [-0.05, 0) is 44.9 Å². The first-order chi connectivity index (χ1) is 10.6. The van der Waals surface area contributed by atoms with Gasteiger partial charge in [0.1, 0.15) is 5.65 Å². The highest BCUT2D eigenvalue weighted by atomic mass is 16.4. The van der Waals surface area contributed by atoms with Crippen LogP contribution in [-0.2, 0) is 17.8 Å². The number of likely N-dealkylation sites (tertiary alicyclic amines) is 1. The minimum Gasteiger partial charge on any atom is -0.481 e. The summed E-state index contributed by atoms with van der Waals surface area (Å²) in [6, 6.07) is 4.56. The number of aromatic nitrogens is 2. The van der Waals surface area contributed by atoms with Gasteiger partial charge in [-0.1, -0.05) is 12.5 Å². The molecule has 2 aromatic rings. The molecule has 22 heavy (non-hydrogen) atoms. The number of nitrogens with zero attached hydrogens (tertiary/aromatic N) is 3. The van der Waals surface area contributed by atoms with Crippen molar-refractivity contribution in [1.29, 1.82) is 0 Å². The number of piperidine rings is 1. The van der Waals surface area contributed by atoms with E-state index in [0.717, 1.165) is 30.0 Å². The minimum absolute atomic E-state index is 0.0152. The minimum atomic E-state index is -0.825. The molecule has 2 aromatic heterocycles. The SMILES string of the molecule is Cc1cccn2c(CN3CCCCC3C)c(CC(=O)O)nc12. The van der Waals surface area contributed by atoms with Gasteiger partial charge in [0.05, 0.1) is 17.8 Å². The standard InChI is InChI=1S/C17H23N3O2/c1-12-6-5-9-20-15(11-19-8-4-3-7-13(19)2)14(10-16(21)22)18-17(12)20/h5-6,9,13H,3-4,7-8,10-11H2,1-2H3,(H,21,22). The van der Waals surface area contributed by atoms with E-state index in [1.54, 1.807) is 0 Å². The van der Waals surface area contributed by atoms with Crippen molar-refractivity contribution in [2.75, 3.05) is 6.54 Å². The number of carbonyl (C=O) groups is 1. The average molecular weight is 301 g/mol. The van der Waals surface area contributed by atoms with Crippen molar-refractivity contribution in [3.63, 3.8) is 0 Å². The normalized spacial score (nSPS) is 19.6. The molecule has 1 aliphatic heterocycles. The summed E-state index contributed by atoms with van der Waals surface area (Å²) in [5, 5.41) is 9.18. The van der Waals surface area contributed by atoms with Crippen LogP contribution in [0.15, 0.2) is 18.3 Å². The Morgan fingerprint density at radius 2 is 2.27 bits per heavy atom. The van der Waals surface area contributed by atoms with E-state index in [1.807, 2.05) is 25.3 Å². The molecule has 1 N–H and O–H groups in total. The highest BCUT2D eigenvalue weighted by Crippen LogP contribution is 2.23. The zero-order valence-electron chi connectivity index (χ0n) is 13.2. The van der Waals surface area contributed by atoms with Crippen LogP contribution in [0.5, 0.6) is 0 Å². The summed E-state index contributed by atoms with van der Waals surface area (Å²) >= 11 is 0. The smallest absolute Gasteiger partial charge is 0.309 e. The van der Waals surface area contributed by atoms with E-state index in [-0.39, 0.29) is 6.42 Å². The molecule has 1 fully saturated rings. The summed E-state index contributed by atoms with van der Waals surface area (Å²) in [7, 11) is 0.